The molecule has 1 saturated heterocycles. The van der Waals surface area contributed by atoms with Crippen molar-refractivity contribution in [2.45, 2.75) is 104 Å². The summed E-state index contributed by atoms with van der Waals surface area (Å²) in [6.07, 6.45) is 11.8. The second-order valence-electron chi connectivity index (χ2n) is 11.2. The maximum absolute atomic E-state index is 6.93. The molecule has 0 spiro atoms. The largest absolute Gasteiger partial charge is 0.705 e. The van der Waals surface area contributed by atoms with E-state index < -0.39 is 18.5 Å². The van der Waals surface area contributed by atoms with E-state index in [0.29, 0.717) is 0 Å². The second kappa shape index (κ2) is 13.9. The third kappa shape index (κ3) is 7.05. The molecular formula is C31H49BN2O2P+. The molecule has 2 aromatic carbocycles. The van der Waals surface area contributed by atoms with Crippen LogP contribution in [0.2, 0.25) is 0 Å². The van der Waals surface area contributed by atoms with E-state index in [9.17, 15) is 0 Å². The maximum Gasteiger partial charge on any atom is 0.705 e. The molecule has 6 heteroatoms. The van der Waals surface area contributed by atoms with Gasteiger partial charge in [-0.3, -0.25) is 4.99 Å². The number of unbranched alkanes of at least 4 members (excludes halogenated alkanes) is 6. The average Bonchev–Trinajstić information content (AvgIpc) is 3.11. The van der Waals surface area contributed by atoms with Crippen LogP contribution >= 0.6 is 7.29 Å². The van der Waals surface area contributed by atoms with Gasteiger partial charge in [0.05, 0.1) is 17.7 Å². The van der Waals surface area contributed by atoms with Crippen molar-refractivity contribution in [2.24, 2.45) is 4.99 Å². The van der Waals surface area contributed by atoms with E-state index in [2.05, 4.69) is 113 Å². The van der Waals surface area contributed by atoms with E-state index >= 15 is 0 Å². The first kappa shape index (κ1) is 29.9. The Labute approximate surface area is 227 Å². The molecule has 1 heterocycles. The Balaban J connectivity index is 2.14. The third-order valence-corrected chi connectivity index (χ3v) is 12.0. The number of hydrogen-bond donors (Lipinski definition) is 0. The minimum absolute atomic E-state index is 0.389. The average molecular weight is 524 g/mol. The van der Waals surface area contributed by atoms with Crippen molar-refractivity contribution in [3.05, 3.63) is 60.7 Å². The molecule has 37 heavy (non-hydrogen) atoms. The molecule has 0 atom stereocenters. The summed E-state index contributed by atoms with van der Waals surface area (Å²) < 4.78 is 16.4. The van der Waals surface area contributed by atoms with Crippen LogP contribution in [-0.4, -0.2) is 42.1 Å². The fourth-order valence-corrected chi connectivity index (χ4v) is 9.26. The van der Waals surface area contributed by atoms with Crippen molar-refractivity contribution < 1.29 is 9.31 Å². The van der Waals surface area contributed by atoms with Crippen LogP contribution < -0.4 is 10.6 Å². The number of rotatable bonds is 15. The third-order valence-electron chi connectivity index (χ3n) is 7.85. The summed E-state index contributed by atoms with van der Waals surface area (Å²) in [4.78, 5) is 5.02. The van der Waals surface area contributed by atoms with E-state index in [1.165, 1.54) is 49.1 Å². The Morgan fingerprint density at radius 2 is 1.22 bits per heavy atom. The van der Waals surface area contributed by atoms with E-state index in [1.54, 1.807) is 0 Å². The van der Waals surface area contributed by atoms with Crippen molar-refractivity contribution in [3.8, 4) is 0 Å². The van der Waals surface area contributed by atoms with Gasteiger partial charge in [-0.1, -0.05) is 88.8 Å². The zero-order valence-corrected chi connectivity index (χ0v) is 25.1. The van der Waals surface area contributed by atoms with Gasteiger partial charge in [-0.25, -0.2) is 4.67 Å². The molecule has 2 aromatic rings. The summed E-state index contributed by atoms with van der Waals surface area (Å²) in [5.41, 5.74) is -0.838. The molecule has 0 radical (unpaired) electrons. The van der Waals surface area contributed by atoms with Gasteiger partial charge in [0.15, 0.2) is 7.29 Å². The molecule has 0 aliphatic carbocycles. The summed E-state index contributed by atoms with van der Waals surface area (Å²) in [7, 11) is -2.39. The molecule has 0 aromatic heterocycles. The van der Waals surface area contributed by atoms with Crippen LogP contribution in [0.5, 0.6) is 0 Å². The predicted octanol–water partition coefficient (Wildman–Crippen LogP) is 7.65. The summed E-state index contributed by atoms with van der Waals surface area (Å²) in [6, 6.07) is 21.8. The Morgan fingerprint density at radius 3 is 1.70 bits per heavy atom. The topological polar surface area (TPSA) is 34.1 Å². The van der Waals surface area contributed by atoms with Gasteiger partial charge >= 0.3 is 6.84 Å². The first-order valence-corrected chi connectivity index (χ1v) is 16.2. The lowest BCUT2D eigenvalue weighted by molar-refractivity contribution is 0.00578. The Hall–Kier alpha value is -1.68. The Morgan fingerprint density at radius 1 is 0.730 bits per heavy atom. The Kier molecular flexibility index (Phi) is 11.2. The lowest BCUT2D eigenvalue weighted by Crippen LogP contribution is -2.47. The van der Waals surface area contributed by atoms with Gasteiger partial charge in [0.1, 0.15) is 16.9 Å². The van der Waals surface area contributed by atoms with Crippen molar-refractivity contribution in [1.29, 1.82) is 0 Å². The van der Waals surface area contributed by atoms with Crippen molar-refractivity contribution in [2.75, 3.05) is 13.1 Å². The van der Waals surface area contributed by atoms with Crippen LogP contribution in [0.15, 0.2) is 65.7 Å². The molecule has 0 amide bonds. The maximum atomic E-state index is 6.93. The van der Waals surface area contributed by atoms with Gasteiger partial charge < -0.3 is 9.31 Å². The number of nitrogens with zero attached hydrogens (tertiary/aromatic N) is 2. The van der Waals surface area contributed by atoms with Gasteiger partial charge in [0.25, 0.3) is 0 Å². The van der Waals surface area contributed by atoms with Crippen LogP contribution in [0.3, 0.4) is 0 Å². The molecule has 3 rings (SSSR count). The molecule has 1 aliphatic heterocycles. The SMILES string of the molecule is CCCCCCN=CN(CCCCCC)[P+](B1OC(C)(C)C(C)(C)O1)(c1ccccc1)c1ccccc1. The molecule has 1 aliphatic rings. The van der Waals surface area contributed by atoms with Gasteiger partial charge in [0, 0.05) is 6.54 Å². The van der Waals surface area contributed by atoms with E-state index in [0.717, 1.165) is 25.9 Å². The molecule has 202 valence electrons. The summed E-state index contributed by atoms with van der Waals surface area (Å²) >= 11 is 0. The minimum atomic E-state index is -2.39. The number of hydrogen-bond acceptors (Lipinski definition) is 3. The van der Waals surface area contributed by atoms with Crippen LogP contribution in [0.25, 0.3) is 0 Å². The van der Waals surface area contributed by atoms with E-state index in [-0.39, 0.29) is 6.84 Å². The molecule has 0 saturated carbocycles. The lowest BCUT2D eigenvalue weighted by atomic mass is 9.90. The van der Waals surface area contributed by atoms with E-state index in [1.807, 2.05) is 0 Å². The first-order valence-electron chi connectivity index (χ1n) is 14.4. The van der Waals surface area contributed by atoms with Crippen LogP contribution in [-0.2, 0) is 9.31 Å². The van der Waals surface area contributed by atoms with Crippen molar-refractivity contribution >= 4 is 31.1 Å². The van der Waals surface area contributed by atoms with Crippen LogP contribution in [0.1, 0.15) is 92.9 Å². The highest BCUT2D eigenvalue weighted by Crippen LogP contribution is 2.65. The van der Waals surface area contributed by atoms with Gasteiger partial charge in [-0.2, -0.15) is 0 Å². The van der Waals surface area contributed by atoms with Gasteiger partial charge in [0.2, 0.25) is 0 Å². The van der Waals surface area contributed by atoms with E-state index in [4.69, 9.17) is 14.3 Å². The van der Waals surface area contributed by atoms with Gasteiger partial charge in [-0.15, -0.1) is 0 Å². The molecule has 4 nitrogen and oxygen atoms in total. The van der Waals surface area contributed by atoms with Gasteiger partial charge in [-0.05, 0) is 64.8 Å². The smallest absolute Gasteiger partial charge is 0.365 e. The number of aliphatic imine (C=N–C) groups is 1. The number of benzene rings is 2. The minimum Gasteiger partial charge on any atom is -0.365 e. The normalized spacial score (nSPS) is 17.0. The summed E-state index contributed by atoms with van der Waals surface area (Å²) in [6.45, 7) is 14.6. The molecule has 0 unspecified atom stereocenters. The standard InChI is InChI=1S/C31H49BN2O2P/c1-7-9-11-19-25-33-27-34(26-20-12-10-8-2)37(28-21-15-13-16-22-28,29-23-17-14-18-24-29)32-35-30(3,4)31(5,6)36-32/h13-18,21-24,27H,7-12,19-20,25-26H2,1-6H3/q+1. The summed E-state index contributed by atoms with van der Waals surface area (Å²) in [5, 5.41) is 2.54. The first-order chi connectivity index (χ1) is 17.8. The molecule has 0 N–H and O–H groups in total. The molecule has 0 bridgehead atoms. The van der Waals surface area contributed by atoms with Crippen molar-refractivity contribution in [3.63, 3.8) is 0 Å². The zero-order chi connectivity index (χ0) is 26.8. The quantitative estimate of drug-likeness (QED) is 0.0791. The molecule has 1 fully saturated rings. The van der Waals surface area contributed by atoms with Crippen LogP contribution in [0, 0.1) is 0 Å². The zero-order valence-electron chi connectivity index (χ0n) is 24.2. The lowest BCUT2D eigenvalue weighted by Gasteiger charge is -2.36. The summed E-state index contributed by atoms with van der Waals surface area (Å²) in [5.74, 6) is 0. The molecular weight excluding hydrogens is 474 g/mol. The fourth-order valence-electron chi connectivity index (χ4n) is 4.86. The highest BCUT2D eigenvalue weighted by molar-refractivity contribution is 8.11. The van der Waals surface area contributed by atoms with Crippen LogP contribution in [0.4, 0.5) is 0 Å². The monoisotopic (exact) mass is 523 g/mol. The predicted molar refractivity (Wildman–Crippen MR) is 164 cm³/mol. The second-order valence-corrected chi connectivity index (χ2v) is 14.6. The van der Waals surface area contributed by atoms with Crippen molar-refractivity contribution in [1.82, 2.24) is 4.67 Å². The highest BCUT2D eigenvalue weighted by Gasteiger charge is 2.71. The highest BCUT2D eigenvalue weighted by atomic mass is 31.2. The Bertz CT molecular complexity index is 897. The fraction of sp³-hybridized carbons (Fsp3) is 0.581.